The van der Waals surface area contributed by atoms with Crippen molar-refractivity contribution in [1.29, 1.82) is 0 Å². The molecule has 4 rings (SSSR count). The summed E-state index contributed by atoms with van der Waals surface area (Å²) >= 11 is 0. The van der Waals surface area contributed by atoms with E-state index in [2.05, 4.69) is 17.1 Å². The van der Waals surface area contributed by atoms with Gasteiger partial charge in [0.2, 0.25) is 0 Å². The minimum Gasteiger partial charge on any atom is -0.497 e. The van der Waals surface area contributed by atoms with E-state index in [0.29, 0.717) is 12.1 Å². The first-order valence-electron chi connectivity index (χ1n) is 8.25. The van der Waals surface area contributed by atoms with Gasteiger partial charge in [0.25, 0.3) is 5.91 Å². The summed E-state index contributed by atoms with van der Waals surface area (Å²) in [5, 5.41) is 0. The summed E-state index contributed by atoms with van der Waals surface area (Å²) in [7, 11) is 1.62. The summed E-state index contributed by atoms with van der Waals surface area (Å²) in [6.45, 7) is 0.708. The van der Waals surface area contributed by atoms with Gasteiger partial charge in [0.05, 0.1) is 7.11 Å². The Morgan fingerprint density at radius 1 is 1.00 bits per heavy atom. The maximum Gasteiger partial charge on any atom is 0.258 e. The highest BCUT2D eigenvalue weighted by molar-refractivity contribution is 6.07. The van der Waals surface area contributed by atoms with Crippen LogP contribution in [0.4, 0.5) is 5.69 Å². The SMILES string of the molecule is COc1ccc(C(=O)N2CCc3cc(-c4ccncc4)ccc32)cc1. The lowest BCUT2D eigenvalue weighted by molar-refractivity contribution is 0.0989. The van der Waals surface area contributed by atoms with Gasteiger partial charge >= 0.3 is 0 Å². The van der Waals surface area contributed by atoms with Crippen molar-refractivity contribution < 1.29 is 9.53 Å². The lowest BCUT2D eigenvalue weighted by atomic mass is 10.0. The molecule has 0 unspecified atom stereocenters. The van der Waals surface area contributed by atoms with E-state index < -0.39 is 0 Å². The number of hydrogen-bond acceptors (Lipinski definition) is 3. The van der Waals surface area contributed by atoms with Gasteiger partial charge in [0.1, 0.15) is 5.75 Å². The molecule has 0 atom stereocenters. The predicted molar refractivity (Wildman–Crippen MR) is 98.0 cm³/mol. The fourth-order valence-electron chi connectivity index (χ4n) is 3.23. The van der Waals surface area contributed by atoms with Crippen molar-refractivity contribution in [2.75, 3.05) is 18.6 Å². The van der Waals surface area contributed by atoms with Gasteiger partial charge in [0, 0.05) is 30.2 Å². The van der Waals surface area contributed by atoms with E-state index in [0.717, 1.165) is 29.0 Å². The minimum absolute atomic E-state index is 0.0260. The molecule has 0 saturated carbocycles. The van der Waals surface area contributed by atoms with Crippen LogP contribution in [0.15, 0.2) is 67.0 Å². The van der Waals surface area contributed by atoms with Gasteiger partial charge in [-0.3, -0.25) is 9.78 Å². The largest absolute Gasteiger partial charge is 0.497 e. The molecule has 1 aliphatic heterocycles. The molecule has 4 heteroatoms. The molecule has 0 fully saturated rings. The zero-order valence-corrected chi connectivity index (χ0v) is 14.0. The van der Waals surface area contributed by atoms with E-state index in [4.69, 9.17) is 4.74 Å². The second-order valence-electron chi connectivity index (χ2n) is 6.01. The molecule has 2 aromatic carbocycles. The van der Waals surface area contributed by atoms with Crippen LogP contribution in [0.3, 0.4) is 0 Å². The van der Waals surface area contributed by atoms with Crippen LogP contribution in [0.25, 0.3) is 11.1 Å². The second-order valence-corrected chi connectivity index (χ2v) is 6.01. The van der Waals surface area contributed by atoms with Gasteiger partial charge in [-0.2, -0.15) is 0 Å². The van der Waals surface area contributed by atoms with E-state index in [1.807, 2.05) is 47.4 Å². The van der Waals surface area contributed by atoms with E-state index in [-0.39, 0.29) is 5.91 Å². The zero-order valence-electron chi connectivity index (χ0n) is 14.0. The Bertz CT molecular complexity index is 905. The van der Waals surface area contributed by atoms with E-state index >= 15 is 0 Å². The van der Waals surface area contributed by atoms with E-state index in [1.165, 1.54) is 5.56 Å². The molecule has 1 aromatic heterocycles. The Morgan fingerprint density at radius 3 is 2.48 bits per heavy atom. The molecule has 2 heterocycles. The van der Waals surface area contributed by atoms with Crippen LogP contribution in [0.5, 0.6) is 5.75 Å². The van der Waals surface area contributed by atoms with Crippen molar-refractivity contribution in [3.8, 4) is 16.9 Å². The highest BCUT2D eigenvalue weighted by atomic mass is 16.5. The van der Waals surface area contributed by atoms with Crippen LogP contribution in [0, 0.1) is 0 Å². The van der Waals surface area contributed by atoms with Crippen molar-refractivity contribution in [2.45, 2.75) is 6.42 Å². The summed E-state index contributed by atoms with van der Waals surface area (Å²) in [6, 6.07) is 17.5. The number of carbonyl (C=O) groups excluding carboxylic acids is 1. The first kappa shape index (κ1) is 15.4. The number of benzene rings is 2. The highest BCUT2D eigenvalue weighted by Crippen LogP contribution is 2.33. The van der Waals surface area contributed by atoms with Crippen LogP contribution in [0.1, 0.15) is 15.9 Å². The molecule has 0 radical (unpaired) electrons. The third-order valence-electron chi connectivity index (χ3n) is 4.57. The average Bonchev–Trinajstić information content (AvgIpc) is 3.11. The van der Waals surface area contributed by atoms with Crippen LogP contribution in [-0.4, -0.2) is 24.5 Å². The number of anilines is 1. The summed E-state index contributed by atoms with van der Waals surface area (Å²) in [6.07, 6.45) is 4.46. The van der Waals surface area contributed by atoms with Crippen LogP contribution < -0.4 is 9.64 Å². The van der Waals surface area contributed by atoms with Crippen molar-refractivity contribution in [3.63, 3.8) is 0 Å². The highest BCUT2D eigenvalue weighted by Gasteiger charge is 2.25. The van der Waals surface area contributed by atoms with Gasteiger partial charge < -0.3 is 9.64 Å². The predicted octanol–water partition coefficient (Wildman–Crippen LogP) is 3.96. The first-order chi connectivity index (χ1) is 12.3. The summed E-state index contributed by atoms with van der Waals surface area (Å²) in [5.41, 5.74) is 5.17. The molecule has 25 heavy (non-hydrogen) atoms. The van der Waals surface area contributed by atoms with Crippen LogP contribution in [0.2, 0.25) is 0 Å². The fourth-order valence-corrected chi connectivity index (χ4v) is 3.23. The van der Waals surface area contributed by atoms with Crippen molar-refractivity contribution in [3.05, 3.63) is 78.1 Å². The number of ether oxygens (including phenoxy) is 1. The van der Waals surface area contributed by atoms with E-state index in [1.54, 1.807) is 19.5 Å². The molecule has 0 spiro atoms. The molecule has 4 nitrogen and oxygen atoms in total. The first-order valence-corrected chi connectivity index (χ1v) is 8.25. The van der Waals surface area contributed by atoms with Gasteiger partial charge in [0.15, 0.2) is 0 Å². The molecular formula is C21H18N2O2. The minimum atomic E-state index is 0.0260. The van der Waals surface area contributed by atoms with Gasteiger partial charge in [-0.25, -0.2) is 0 Å². The fraction of sp³-hybridized carbons (Fsp3) is 0.143. The number of methoxy groups -OCH3 is 1. The molecule has 0 aliphatic carbocycles. The molecule has 0 N–H and O–H groups in total. The Morgan fingerprint density at radius 2 is 1.76 bits per heavy atom. The van der Waals surface area contributed by atoms with Gasteiger partial charge in [-0.15, -0.1) is 0 Å². The third kappa shape index (κ3) is 2.87. The number of nitrogens with zero attached hydrogens (tertiary/aromatic N) is 2. The Labute approximate surface area is 146 Å². The van der Waals surface area contributed by atoms with Gasteiger partial charge in [-0.1, -0.05) is 6.07 Å². The number of aromatic nitrogens is 1. The van der Waals surface area contributed by atoms with E-state index in [9.17, 15) is 4.79 Å². The quantitative estimate of drug-likeness (QED) is 0.730. The second kappa shape index (κ2) is 6.40. The molecule has 1 amide bonds. The maximum absolute atomic E-state index is 12.8. The smallest absolute Gasteiger partial charge is 0.258 e. The molecular weight excluding hydrogens is 312 g/mol. The lowest BCUT2D eigenvalue weighted by Crippen LogP contribution is -2.28. The van der Waals surface area contributed by atoms with Crippen molar-refractivity contribution in [1.82, 2.24) is 4.98 Å². The average molecular weight is 330 g/mol. The lowest BCUT2D eigenvalue weighted by Gasteiger charge is -2.18. The Hall–Kier alpha value is -3.14. The molecule has 0 bridgehead atoms. The summed E-state index contributed by atoms with van der Waals surface area (Å²) < 4.78 is 5.16. The Balaban J connectivity index is 1.62. The summed E-state index contributed by atoms with van der Waals surface area (Å²) in [5.74, 6) is 0.776. The number of hydrogen-bond donors (Lipinski definition) is 0. The monoisotopic (exact) mass is 330 g/mol. The normalized spacial score (nSPS) is 12.8. The molecule has 0 saturated heterocycles. The number of amides is 1. The third-order valence-corrected chi connectivity index (χ3v) is 4.57. The molecule has 1 aliphatic rings. The number of rotatable bonds is 3. The summed E-state index contributed by atoms with van der Waals surface area (Å²) in [4.78, 5) is 18.8. The van der Waals surface area contributed by atoms with Crippen molar-refractivity contribution >= 4 is 11.6 Å². The molecule has 3 aromatic rings. The zero-order chi connectivity index (χ0) is 17.2. The number of fused-ring (bicyclic) bond motifs is 1. The number of carbonyl (C=O) groups is 1. The standard InChI is InChI=1S/C21H18N2O2/c1-25-19-5-2-16(3-6-19)21(24)23-13-10-18-14-17(4-7-20(18)23)15-8-11-22-12-9-15/h2-9,11-12,14H,10,13H2,1H3. The number of pyridine rings is 1. The van der Waals surface area contributed by atoms with Gasteiger partial charge in [-0.05, 0) is 71.6 Å². The van der Waals surface area contributed by atoms with Crippen LogP contribution in [-0.2, 0) is 6.42 Å². The maximum atomic E-state index is 12.8. The van der Waals surface area contributed by atoms with Crippen LogP contribution >= 0.6 is 0 Å². The molecule has 124 valence electrons. The topological polar surface area (TPSA) is 42.4 Å². The Kier molecular flexibility index (Phi) is 3.94. The van der Waals surface area contributed by atoms with Crippen molar-refractivity contribution in [2.24, 2.45) is 0 Å².